The summed E-state index contributed by atoms with van der Waals surface area (Å²) in [5, 5.41) is 20.2. The van der Waals surface area contributed by atoms with E-state index in [1.165, 1.54) is 12.1 Å². The third-order valence-electron chi connectivity index (χ3n) is 3.43. The Hall–Kier alpha value is -3.46. The van der Waals surface area contributed by atoms with E-state index in [0.717, 1.165) is 11.0 Å². The minimum absolute atomic E-state index is 0.00382. The van der Waals surface area contributed by atoms with Crippen LogP contribution in [0.2, 0.25) is 0 Å². The van der Waals surface area contributed by atoms with Crippen molar-refractivity contribution in [2.24, 2.45) is 0 Å². The number of rotatable bonds is 4. The smallest absolute Gasteiger partial charge is 0.270 e. The Balaban J connectivity index is 1.92. The largest absolute Gasteiger partial charge is 0.325 e. The zero-order chi connectivity index (χ0) is 16.2. The van der Waals surface area contributed by atoms with Gasteiger partial charge in [0, 0.05) is 17.7 Å². The fourth-order valence-corrected chi connectivity index (χ4v) is 2.36. The topological polar surface area (TPSA) is 84.7 Å². The predicted molar refractivity (Wildman–Crippen MR) is 86.4 cm³/mol. The molecule has 0 saturated heterocycles. The van der Waals surface area contributed by atoms with Crippen LogP contribution in [0.1, 0.15) is 5.56 Å². The maximum atomic E-state index is 10.8. The number of fused-ring (bicyclic) bond motifs is 1. The van der Waals surface area contributed by atoms with Crippen molar-refractivity contribution in [2.45, 2.75) is 6.54 Å². The van der Waals surface area contributed by atoms with Crippen LogP contribution in [-0.2, 0) is 6.54 Å². The molecule has 1 heterocycles. The first-order chi connectivity index (χ1) is 11.2. The van der Waals surface area contributed by atoms with Crippen molar-refractivity contribution < 1.29 is 4.92 Å². The highest BCUT2D eigenvalue weighted by molar-refractivity contribution is 5.75. The monoisotopic (exact) mass is 304 g/mol. The van der Waals surface area contributed by atoms with Crippen molar-refractivity contribution in [2.75, 3.05) is 0 Å². The van der Waals surface area contributed by atoms with Crippen molar-refractivity contribution in [1.29, 1.82) is 5.26 Å². The van der Waals surface area contributed by atoms with Crippen molar-refractivity contribution in [3.05, 3.63) is 76.1 Å². The number of benzene rings is 2. The summed E-state index contributed by atoms with van der Waals surface area (Å²) in [6.07, 6.45) is 3.34. The second kappa shape index (κ2) is 6.12. The van der Waals surface area contributed by atoms with Crippen molar-refractivity contribution >= 4 is 22.8 Å². The first kappa shape index (κ1) is 14.5. The van der Waals surface area contributed by atoms with Gasteiger partial charge in [0.15, 0.2) is 0 Å². The second-order valence-corrected chi connectivity index (χ2v) is 4.99. The molecule has 3 rings (SSSR count). The normalized spacial score (nSPS) is 11.3. The Kier molecular flexibility index (Phi) is 3.85. The van der Waals surface area contributed by atoms with Crippen LogP contribution in [0.25, 0.3) is 17.1 Å². The van der Waals surface area contributed by atoms with Crippen LogP contribution < -0.4 is 0 Å². The van der Waals surface area contributed by atoms with E-state index in [1.54, 1.807) is 24.5 Å². The number of nitro groups is 1. The molecular weight excluding hydrogens is 292 g/mol. The quantitative estimate of drug-likeness (QED) is 0.419. The van der Waals surface area contributed by atoms with Gasteiger partial charge in [-0.15, -0.1) is 0 Å². The standard InChI is InChI=1S/C17H12N4O2/c18-10-14(8-13-4-3-5-15(9-13)21(22)23)11-20-12-19-16-6-1-2-7-17(16)20/h1-9,12H,11H2/b14-8-. The van der Waals surface area contributed by atoms with Gasteiger partial charge in [-0.3, -0.25) is 10.1 Å². The second-order valence-electron chi connectivity index (χ2n) is 4.99. The van der Waals surface area contributed by atoms with Crippen LogP contribution in [-0.4, -0.2) is 14.5 Å². The molecule has 0 spiro atoms. The number of nitro benzene ring substituents is 1. The summed E-state index contributed by atoms with van der Waals surface area (Å²) in [5.74, 6) is 0. The molecule has 0 bridgehead atoms. The molecule has 23 heavy (non-hydrogen) atoms. The molecule has 112 valence electrons. The number of hydrogen-bond donors (Lipinski definition) is 0. The summed E-state index contributed by atoms with van der Waals surface area (Å²) in [7, 11) is 0. The van der Waals surface area contributed by atoms with Gasteiger partial charge in [-0.2, -0.15) is 5.26 Å². The van der Waals surface area contributed by atoms with Crippen LogP contribution in [0.4, 0.5) is 5.69 Å². The molecule has 0 aliphatic carbocycles. The van der Waals surface area contributed by atoms with Gasteiger partial charge in [0.05, 0.1) is 34.9 Å². The zero-order valence-corrected chi connectivity index (χ0v) is 12.1. The van der Waals surface area contributed by atoms with Crippen molar-refractivity contribution in [3.8, 4) is 6.07 Å². The number of allylic oxidation sites excluding steroid dienone is 1. The molecule has 0 saturated carbocycles. The number of nitriles is 1. The van der Waals surface area contributed by atoms with E-state index in [-0.39, 0.29) is 5.69 Å². The van der Waals surface area contributed by atoms with Crippen molar-refractivity contribution in [1.82, 2.24) is 9.55 Å². The molecule has 0 aliphatic rings. The van der Waals surface area contributed by atoms with Crippen LogP contribution in [0.15, 0.2) is 60.4 Å². The summed E-state index contributed by atoms with van der Waals surface area (Å²) in [6.45, 7) is 0.361. The molecule has 3 aromatic rings. The lowest BCUT2D eigenvalue weighted by molar-refractivity contribution is -0.384. The molecule has 0 N–H and O–H groups in total. The molecule has 1 aromatic heterocycles. The van der Waals surface area contributed by atoms with Gasteiger partial charge < -0.3 is 4.57 Å². The van der Waals surface area contributed by atoms with Crippen LogP contribution in [0.5, 0.6) is 0 Å². The number of para-hydroxylation sites is 2. The fraction of sp³-hybridized carbons (Fsp3) is 0.0588. The van der Waals surface area contributed by atoms with Gasteiger partial charge in [-0.25, -0.2) is 4.98 Å². The molecule has 0 aliphatic heterocycles. The van der Waals surface area contributed by atoms with E-state index in [9.17, 15) is 15.4 Å². The van der Waals surface area contributed by atoms with Crippen LogP contribution in [0, 0.1) is 21.4 Å². The van der Waals surface area contributed by atoms with E-state index in [0.29, 0.717) is 17.7 Å². The third kappa shape index (κ3) is 3.09. The minimum atomic E-state index is -0.452. The maximum absolute atomic E-state index is 10.8. The molecule has 0 amide bonds. The lowest BCUT2D eigenvalue weighted by Gasteiger charge is -2.03. The highest BCUT2D eigenvalue weighted by atomic mass is 16.6. The number of imidazole rings is 1. The Labute approximate surface area is 132 Å². The van der Waals surface area contributed by atoms with Gasteiger partial charge in [0.1, 0.15) is 0 Å². The predicted octanol–water partition coefficient (Wildman–Crippen LogP) is 3.55. The lowest BCUT2D eigenvalue weighted by atomic mass is 10.1. The molecule has 6 nitrogen and oxygen atoms in total. The number of nitrogens with zero attached hydrogens (tertiary/aromatic N) is 4. The third-order valence-corrected chi connectivity index (χ3v) is 3.43. The molecular formula is C17H12N4O2. The van der Waals surface area contributed by atoms with Crippen molar-refractivity contribution in [3.63, 3.8) is 0 Å². The summed E-state index contributed by atoms with van der Waals surface area (Å²) in [4.78, 5) is 14.7. The fourth-order valence-electron chi connectivity index (χ4n) is 2.36. The minimum Gasteiger partial charge on any atom is -0.325 e. The number of non-ortho nitro benzene ring substituents is 1. The lowest BCUT2D eigenvalue weighted by Crippen LogP contribution is -1.98. The number of aromatic nitrogens is 2. The van der Waals surface area contributed by atoms with E-state index in [2.05, 4.69) is 11.1 Å². The Morgan fingerprint density at radius 1 is 1.30 bits per heavy atom. The molecule has 0 atom stereocenters. The summed E-state index contributed by atoms with van der Waals surface area (Å²) in [5.41, 5.74) is 2.92. The number of hydrogen-bond acceptors (Lipinski definition) is 4. The molecule has 0 unspecified atom stereocenters. The summed E-state index contributed by atoms with van der Waals surface area (Å²) < 4.78 is 1.88. The van der Waals surface area contributed by atoms with E-state index < -0.39 is 4.92 Å². The average molecular weight is 304 g/mol. The van der Waals surface area contributed by atoms with E-state index >= 15 is 0 Å². The van der Waals surface area contributed by atoms with Crippen LogP contribution >= 0.6 is 0 Å². The Morgan fingerprint density at radius 2 is 2.13 bits per heavy atom. The molecule has 0 fully saturated rings. The zero-order valence-electron chi connectivity index (χ0n) is 12.1. The van der Waals surface area contributed by atoms with E-state index in [4.69, 9.17) is 0 Å². The Morgan fingerprint density at radius 3 is 2.91 bits per heavy atom. The highest BCUT2D eigenvalue weighted by Gasteiger charge is 2.07. The van der Waals surface area contributed by atoms with Gasteiger partial charge in [-0.1, -0.05) is 24.3 Å². The molecule has 6 heteroatoms. The maximum Gasteiger partial charge on any atom is 0.270 e. The highest BCUT2D eigenvalue weighted by Crippen LogP contribution is 2.18. The Bertz CT molecular complexity index is 950. The van der Waals surface area contributed by atoms with Gasteiger partial charge in [-0.05, 0) is 23.8 Å². The van der Waals surface area contributed by atoms with Gasteiger partial charge >= 0.3 is 0 Å². The molecule has 2 aromatic carbocycles. The van der Waals surface area contributed by atoms with Crippen LogP contribution in [0.3, 0.4) is 0 Å². The summed E-state index contributed by atoms with van der Waals surface area (Å²) in [6, 6.07) is 16.0. The first-order valence-corrected chi connectivity index (χ1v) is 6.92. The SMILES string of the molecule is N#C/C(=C/c1cccc([N+](=O)[O-])c1)Cn1cnc2ccccc21. The van der Waals surface area contributed by atoms with E-state index in [1.807, 2.05) is 28.8 Å². The summed E-state index contributed by atoms with van der Waals surface area (Å²) >= 11 is 0. The van der Waals surface area contributed by atoms with Gasteiger partial charge in [0.2, 0.25) is 0 Å². The molecule has 0 radical (unpaired) electrons. The van der Waals surface area contributed by atoms with Gasteiger partial charge in [0.25, 0.3) is 5.69 Å². The first-order valence-electron chi connectivity index (χ1n) is 6.92. The average Bonchev–Trinajstić information content (AvgIpc) is 2.97.